The van der Waals surface area contributed by atoms with Gasteiger partial charge in [0.25, 0.3) is 0 Å². The molecular formula is C11H25N3. The summed E-state index contributed by atoms with van der Waals surface area (Å²) in [7, 11) is 2.19. The average molecular weight is 199 g/mol. The molecule has 0 saturated carbocycles. The molecule has 0 spiro atoms. The lowest BCUT2D eigenvalue weighted by Crippen LogP contribution is -2.61. The van der Waals surface area contributed by atoms with Crippen LogP contribution in [0.2, 0.25) is 0 Å². The number of hydrogen-bond donors (Lipinski definition) is 1. The van der Waals surface area contributed by atoms with Crippen molar-refractivity contribution in [2.24, 2.45) is 5.73 Å². The van der Waals surface area contributed by atoms with Crippen molar-refractivity contribution in [3.8, 4) is 0 Å². The Morgan fingerprint density at radius 3 is 2.50 bits per heavy atom. The standard InChI is InChI=1S/C11H25N3/c1-5-11(3,9-12)14-7-6-13(4)8-10(14)2/h10H,5-9,12H2,1-4H3. The zero-order chi connectivity index (χ0) is 10.8. The van der Waals surface area contributed by atoms with E-state index >= 15 is 0 Å². The maximum atomic E-state index is 5.89. The molecule has 1 aliphatic heterocycles. The molecule has 2 atom stereocenters. The molecule has 0 radical (unpaired) electrons. The summed E-state index contributed by atoms with van der Waals surface area (Å²) in [4.78, 5) is 4.97. The van der Waals surface area contributed by atoms with Crippen LogP contribution >= 0.6 is 0 Å². The smallest absolute Gasteiger partial charge is 0.0304 e. The van der Waals surface area contributed by atoms with Crippen molar-refractivity contribution >= 4 is 0 Å². The summed E-state index contributed by atoms with van der Waals surface area (Å²) in [6.45, 7) is 11.1. The minimum absolute atomic E-state index is 0.195. The molecule has 0 aromatic heterocycles. The highest BCUT2D eigenvalue weighted by molar-refractivity contribution is 4.92. The van der Waals surface area contributed by atoms with Crippen LogP contribution in [0.3, 0.4) is 0 Å². The Morgan fingerprint density at radius 1 is 1.43 bits per heavy atom. The average Bonchev–Trinajstić information content (AvgIpc) is 2.17. The molecule has 3 heteroatoms. The first-order chi connectivity index (χ1) is 6.53. The van der Waals surface area contributed by atoms with E-state index in [0.29, 0.717) is 6.04 Å². The minimum atomic E-state index is 0.195. The second-order valence-corrected chi connectivity index (χ2v) is 4.86. The monoisotopic (exact) mass is 199 g/mol. The number of rotatable bonds is 3. The van der Waals surface area contributed by atoms with Crippen molar-refractivity contribution in [3.63, 3.8) is 0 Å². The Balaban J connectivity index is 2.67. The molecule has 0 aromatic rings. The number of piperazine rings is 1. The van der Waals surface area contributed by atoms with Gasteiger partial charge in [-0.3, -0.25) is 4.90 Å². The van der Waals surface area contributed by atoms with Crippen molar-refractivity contribution in [2.45, 2.75) is 38.8 Å². The maximum Gasteiger partial charge on any atom is 0.0304 e. The van der Waals surface area contributed by atoms with Gasteiger partial charge in [-0.1, -0.05) is 6.92 Å². The van der Waals surface area contributed by atoms with Crippen molar-refractivity contribution in [1.29, 1.82) is 0 Å². The molecule has 1 aliphatic rings. The Morgan fingerprint density at radius 2 is 2.07 bits per heavy atom. The molecule has 0 aliphatic carbocycles. The molecule has 2 N–H and O–H groups in total. The van der Waals surface area contributed by atoms with E-state index in [9.17, 15) is 0 Å². The molecule has 0 amide bonds. The molecule has 1 fully saturated rings. The first kappa shape index (κ1) is 12.0. The highest BCUT2D eigenvalue weighted by Gasteiger charge is 2.34. The van der Waals surface area contributed by atoms with Gasteiger partial charge in [0.1, 0.15) is 0 Å². The second kappa shape index (κ2) is 4.60. The molecule has 2 unspecified atom stereocenters. The highest BCUT2D eigenvalue weighted by Crippen LogP contribution is 2.23. The van der Waals surface area contributed by atoms with Crippen LogP contribution in [0.15, 0.2) is 0 Å². The number of nitrogens with two attached hydrogens (primary N) is 1. The minimum Gasteiger partial charge on any atom is -0.329 e. The van der Waals surface area contributed by atoms with E-state index in [1.165, 1.54) is 6.54 Å². The van der Waals surface area contributed by atoms with E-state index < -0.39 is 0 Å². The summed E-state index contributed by atoms with van der Waals surface area (Å²) in [5.74, 6) is 0. The van der Waals surface area contributed by atoms with Crippen LogP contribution < -0.4 is 5.73 Å². The van der Waals surface area contributed by atoms with Gasteiger partial charge in [-0.15, -0.1) is 0 Å². The van der Waals surface area contributed by atoms with Crippen LogP contribution in [0.4, 0.5) is 0 Å². The van der Waals surface area contributed by atoms with Gasteiger partial charge < -0.3 is 10.6 Å². The SMILES string of the molecule is CCC(C)(CN)N1CCN(C)CC1C. The van der Waals surface area contributed by atoms with Crippen LogP contribution in [-0.4, -0.2) is 54.6 Å². The normalized spacial score (nSPS) is 30.2. The van der Waals surface area contributed by atoms with Crippen molar-refractivity contribution in [2.75, 3.05) is 33.2 Å². The zero-order valence-corrected chi connectivity index (χ0v) is 10.1. The van der Waals surface area contributed by atoms with Gasteiger partial charge in [0.05, 0.1) is 0 Å². The zero-order valence-electron chi connectivity index (χ0n) is 10.1. The van der Waals surface area contributed by atoms with E-state index in [2.05, 4.69) is 37.6 Å². The van der Waals surface area contributed by atoms with Gasteiger partial charge in [0.2, 0.25) is 0 Å². The van der Waals surface area contributed by atoms with Crippen LogP contribution in [0.5, 0.6) is 0 Å². The predicted molar refractivity (Wildman–Crippen MR) is 61.4 cm³/mol. The number of hydrogen-bond acceptors (Lipinski definition) is 3. The van der Waals surface area contributed by atoms with E-state index in [1.807, 2.05) is 0 Å². The Hall–Kier alpha value is -0.120. The Labute approximate surface area is 88.2 Å². The molecule has 0 aromatic carbocycles. The van der Waals surface area contributed by atoms with Crippen molar-refractivity contribution < 1.29 is 0 Å². The van der Waals surface area contributed by atoms with E-state index in [0.717, 1.165) is 26.1 Å². The fourth-order valence-corrected chi connectivity index (χ4v) is 2.41. The van der Waals surface area contributed by atoms with Gasteiger partial charge in [-0.05, 0) is 27.3 Å². The third-order valence-corrected chi connectivity index (χ3v) is 3.73. The van der Waals surface area contributed by atoms with Crippen LogP contribution in [0.25, 0.3) is 0 Å². The summed E-state index contributed by atoms with van der Waals surface area (Å²) < 4.78 is 0. The largest absolute Gasteiger partial charge is 0.329 e. The molecule has 1 heterocycles. The molecule has 14 heavy (non-hydrogen) atoms. The first-order valence-corrected chi connectivity index (χ1v) is 5.69. The summed E-state index contributed by atoms with van der Waals surface area (Å²) in [5.41, 5.74) is 6.09. The molecule has 1 rings (SSSR count). The fourth-order valence-electron chi connectivity index (χ4n) is 2.41. The molecular weight excluding hydrogens is 174 g/mol. The Kier molecular flexibility index (Phi) is 3.93. The lowest BCUT2D eigenvalue weighted by Gasteiger charge is -2.48. The van der Waals surface area contributed by atoms with Gasteiger partial charge in [-0.25, -0.2) is 0 Å². The molecule has 0 bridgehead atoms. The molecule has 3 nitrogen and oxygen atoms in total. The van der Waals surface area contributed by atoms with E-state index in [4.69, 9.17) is 5.73 Å². The lowest BCUT2D eigenvalue weighted by atomic mass is 9.93. The van der Waals surface area contributed by atoms with Gasteiger partial charge in [-0.2, -0.15) is 0 Å². The van der Waals surface area contributed by atoms with Gasteiger partial charge in [0, 0.05) is 37.8 Å². The number of nitrogens with zero attached hydrogens (tertiary/aromatic N) is 2. The summed E-state index contributed by atoms with van der Waals surface area (Å²) in [6, 6.07) is 0.627. The van der Waals surface area contributed by atoms with Crippen LogP contribution in [0, 0.1) is 0 Å². The third kappa shape index (κ3) is 2.27. The van der Waals surface area contributed by atoms with Crippen LogP contribution in [-0.2, 0) is 0 Å². The van der Waals surface area contributed by atoms with Gasteiger partial charge >= 0.3 is 0 Å². The summed E-state index contributed by atoms with van der Waals surface area (Å²) in [5, 5.41) is 0. The summed E-state index contributed by atoms with van der Waals surface area (Å²) in [6.07, 6.45) is 1.14. The fraction of sp³-hybridized carbons (Fsp3) is 1.00. The molecule has 1 saturated heterocycles. The van der Waals surface area contributed by atoms with Gasteiger partial charge in [0.15, 0.2) is 0 Å². The van der Waals surface area contributed by atoms with Crippen LogP contribution in [0.1, 0.15) is 27.2 Å². The predicted octanol–water partition coefficient (Wildman–Crippen LogP) is 0.750. The van der Waals surface area contributed by atoms with Crippen molar-refractivity contribution in [3.05, 3.63) is 0 Å². The second-order valence-electron chi connectivity index (χ2n) is 4.86. The first-order valence-electron chi connectivity index (χ1n) is 5.69. The summed E-state index contributed by atoms with van der Waals surface area (Å²) >= 11 is 0. The Bertz CT molecular complexity index is 177. The quantitative estimate of drug-likeness (QED) is 0.728. The number of likely N-dealkylation sites (N-methyl/N-ethyl adjacent to an activating group) is 1. The van der Waals surface area contributed by atoms with E-state index in [-0.39, 0.29) is 5.54 Å². The maximum absolute atomic E-state index is 5.89. The third-order valence-electron chi connectivity index (χ3n) is 3.73. The van der Waals surface area contributed by atoms with Crippen molar-refractivity contribution in [1.82, 2.24) is 9.80 Å². The highest BCUT2D eigenvalue weighted by atomic mass is 15.3. The lowest BCUT2D eigenvalue weighted by molar-refractivity contribution is 0.0107. The topological polar surface area (TPSA) is 32.5 Å². The van der Waals surface area contributed by atoms with E-state index in [1.54, 1.807) is 0 Å². The molecule has 84 valence electrons.